The summed E-state index contributed by atoms with van der Waals surface area (Å²) < 4.78 is 0. The number of amides is 2. The lowest BCUT2D eigenvalue weighted by atomic mass is 9.90. The molecule has 4 nitrogen and oxygen atoms in total. The SMILES string of the molecule is CC(C)C(=O)N1CCN(C(=O)C(c2ccccc2)c2ccccc2)CC1. The molecule has 1 saturated heterocycles. The predicted octanol–water partition coefficient (Wildman–Crippen LogP) is 3.15. The van der Waals surface area contributed by atoms with Crippen LogP contribution in [0, 0.1) is 5.92 Å². The number of piperazine rings is 1. The van der Waals surface area contributed by atoms with Crippen LogP contribution < -0.4 is 0 Å². The van der Waals surface area contributed by atoms with Crippen LogP contribution in [0.4, 0.5) is 0 Å². The van der Waals surface area contributed by atoms with Gasteiger partial charge in [-0.3, -0.25) is 9.59 Å². The van der Waals surface area contributed by atoms with E-state index in [0.29, 0.717) is 26.2 Å². The van der Waals surface area contributed by atoms with Gasteiger partial charge < -0.3 is 9.80 Å². The second kappa shape index (κ2) is 8.17. The molecule has 4 heteroatoms. The Bertz CT molecular complexity index is 696. The fourth-order valence-corrected chi connectivity index (χ4v) is 3.46. The van der Waals surface area contributed by atoms with Crippen molar-refractivity contribution < 1.29 is 9.59 Å². The maximum absolute atomic E-state index is 13.3. The van der Waals surface area contributed by atoms with E-state index in [0.717, 1.165) is 11.1 Å². The summed E-state index contributed by atoms with van der Waals surface area (Å²) in [5.74, 6) is -0.0257. The Labute approximate surface area is 155 Å². The minimum absolute atomic E-state index is 0.00126. The largest absolute Gasteiger partial charge is 0.339 e. The van der Waals surface area contributed by atoms with Crippen molar-refractivity contribution >= 4 is 11.8 Å². The van der Waals surface area contributed by atoms with E-state index < -0.39 is 0 Å². The molecule has 2 amide bonds. The fraction of sp³-hybridized carbons (Fsp3) is 0.364. The molecule has 0 atom stereocenters. The first kappa shape index (κ1) is 18.2. The van der Waals surface area contributed by atoms with Gasteiger partial charge in [-0.05, 0) is 11.1 Å². The smallest absolute Gasteiger partial charge is 0.234 e. The maximum atomic E-state index is 13.3. The van der Waals surface area contributed by atoms with Crippen LogP contribution in [0.3, 0.4) is 0 Å². The molecule has 1 heterocycles. The highest BCUT2D eigenvalue weighted by molar-refractivity contribution is 5.87. The summed E-state index contributed by atoms with van der Waals surface area (Å²) in [4.78, 5) is 29.3. The summed E-state index contributed by atoms with van der Waals surface area (Å²) in [5, 5.41) is 0. The molecule has 1 fully saturated rings. The first-order valence-electron chi connectivity index (χ1n) is 9.25. The number of rotatable bonds is 4. The molecular formula is C22H26N2O2. The van der Waals surface area contributed by atoms with Gasteiger partial charge in [-0.1, -0.05) is 74.5 Å². The van der Waals surface area contributed by atoms with Gasteiger partial charge in [-0.15, -0.1) is 0 Å². The van der Waals surface area contributed by atoms with Crippen LogP contribution in [0.5, 0.6) is 0 Å². The fourth-order valence-electron chi connectivity index (χ4n) is 3.46. The number of nitrogens with zero attached hydrogens (tertiary/aromatic N) is 2. The molecule has 2 aromatic rings. The molecule has 0 spiro atoms. The van der Waals surface area contributed by atoms with Gasteiger partial charge in [-0.2, -0.15) is 0 Å². The maximum Gasteiger partial charge on any atom is 0.234 e. The Balaban J connectivity index is 1.78. The van der Waals surface area contributed by atoms with Crippen LogP contribution >= 0.6 is 0 Å². The molecule has 0 saturated carbocycles. The van der Waals surface area contributed by atoms with Crippen LogP contribution in [0.1, 0.15) is 30.9 Å². The lowest BCUT2D eigenvalue weighted by Gasteiger charge is -2.37. The van der Waals surface area contributed by atoms with Gasteiger partial charge in [0.25, 0.3) is 0 Å². The van der Waals surface area contributed by atoms with E-state index in [1.165, 1.54) is 0 Å². The minimum Gasteiger partial charge on any atom is -0.339 e. The normalized spacial score (nSPS) is 14.8. The third-order valence-electron chi connectivity index (χ3n) is 4.91. The quantitative estimate of drug-likeness (QED) is 0.850. The Morgan fingerprint density at radius 3 is 1.46 bits per heavy atom. The van der Waals surface area contributed by atoms with Gasteiger partial charge in [0.1, 0.15) is 0 Å². The Hall–Kier alpha value is -2.62. The van der Waals surface area contributed by atoms with Crippen molar-refractivity contribution in [1.82, 2.24) is 9.80 Å². The highest BCUT2D eigenvalue weighted by atomic mass is 16.2. The zero-order valence-corrected chi connectivity index (χ0v) is 15.5. The predicted molar refractivity (Wildman–Crippen MR) is 103 cm³/mol. The molecule has 2 aromatic carbocycles. The third-order valence-corrected chi connectivity index (χ3v) is 4.91. The third kappa shape index (κ3) is 3.96. The van der Waals surface area contributed by atoms with E-state index in [2.05, 4.69) is 0 Å². The van der Waals surface area contributed by atoms with E-state index in [4.69, 9.17) is 0 Å². The lowest BCUT2D eigenvalue weighted by molar-refractivity contribution is -0.141. The monoisotopic (exact) mass is 350 g/mol. The highest BCUT2D eigenvalue weighted by Gasteiger charge is 2.31. The average Bonchev–Trinajstić information content (AvgIpc) is 2.69. The number of hydrogen-bond acceptors (Lipinski definition) is 2. The van der Waals surface area contributed by atoms with Crippen LogP contribution in [0.25, 0.3) is 0 Å². The van der Waals surface area contributed by atoms with Crippen LogP contribution in [-0.4, -0.2) is 47.8 Å². The standard InChI is InChI=1S/C22H26N2O2/c1-17(2)21(25)23-13-15-24(16-14-23)22(26)20(18-9-5-3-6-10-18)19-11-7-4-8-12-19/h3-12,17,20H,13-16H2,1-2H3. The number of carbonyl (C=O) groups is 2. The summed E-state index contributed by atoms with van der Waals surface area (Å²) in [5.41, 5.74) is 2.01. The Morgan fingerprint density at radius 2 is 1.08 bits per heavy atom. The zero-order chi connectivity index (χ0) is 18.5. The van der Waals surface area contributed by atoms with Crippen LogP contribution in [-0.2, 0) is 9.59 Å². The molecule has 0 bridgehead atoms. The lowest BCUT2D eigenvalue weighted by Crippen LogP contribution is -2.52. The number of carbonyl (C=O) groups excluding carboxylic acids is 2. The summed E-state index contributed by atoms with van der Waals surface area (Å²) in [6, 6.07) is 19.8. The molecule has 1 aliphatic heterocycles. The van der Waals surface area contributed by atoms with Gasteiger partial charge in [0, 0.05) is 32.1 Å². The van der Waals surface area contributed by atoms with E-state index >= 15 is 0 Å². The van der Waals surface area contributed by atoms with Gasteiger partial charge in [0.2, 0.25) is 11.8 Å². The molecule has 0 aromatic heterocycles. The summed E-state index contributed by atoms with van der Waals surface area (Å²) in [6.45, 7) is 6.24. The Kier molecular flexibility index (Phi) is 5.71. The summed E-state index contributed by atoms with van der Waals surface area (Å²) in [7, 11) is 0. The minimum atomic E-state index is -0.301. The number of benzene rings is 2. The second-order valence-corrected chi connectivity index (χ2v) is 7.06. The molecule has 136 valence electrons. The first-order chi connectivity index (χ1) is 12.6. The molecule has 0 unspecified atom stereocenters. The van der Waals surface area contributed by atoms with Crippen molar-refractivity contribution in [2.75, 3.05) is 26.2 Å². The van der Waals surface area contributed by atoms with Crippen molar-refractivity contribution in [2.24, 2.45) is 5.92 Å². The average molecular weight is 350 g/mol. The van der Waals surface area contributed by atoms with Gasteiger partial charge >= 0.3 is 0 Å². The van der Waals surface area contributed by atoms with E-state index in [1.807, 2.05) is 84.3 Å². The molecule has 3 rings (SSSR count). The van der Waals surface area contributed by atoms with Crippen molar-refractivity contribution in [3.05, 3.63) is 71.8 Å². The topological polar surface area (TPSA) is 40.6 Å². The Morgan fingerprint density at radius 1 is 0.692 bits per heavy atom. The highest BCUT2D eigenvalue weighted by Crippen LogP contribution is 2.27. The van der Waals surface area contributed by atoms with Crippen LogP contribution in [0.2, 0.25) is 0 Å². The molecule has 0 N–H and O–H groups in total. The molecule has 0 aliphatic carbocycles. The van der Waals surface area contributed by atoms with Gasteiger partial charge in [0.05, 0.1) is 5.92 Å². The molecule has 0 radical (unpaired) electrons. The zero-order valence-electron chi connectivity index (χ0n) is 15.5. The van der Waals surface area contributed by atoms with Crippen molar-refractivity contribution in [3.63, 3.8) is 0 Å². The summed E-state index contributed by atoms with van der Waals surface area (Å²) >= 11 is 0. The number of hydrogen-bond donors (Lipinski definition) is 0. The molecular weight excluding hydrogens is 324 g/mol. The van der Waals surface area contributed by atoms with Gasteiger partial charge in [0.15, 0.2) is 0 Å². The molecule has 26 heavy (non-hydrogen) atoms. The van der Waals surface area contributed by atoms with Crippen molar-refractivity contribution in [2.45, 2.75) is 19.8 Å². The first-order valence-corrected chi connectivity index (χ1v) is 9.25. The summed E-state index contributed by atoms with van der Waals surface area (Å²) in [6.07, 6.45) is 0. The van der Waals surface area contributed by atoms with E-state index in [-0.39, 0.29) is 23.7 Å². The van der Waals surface area contributed by atoms with Crippen molar-refractivity contribution in [1.29, 1.82) is 0 Å². The van der Waals surface area contributed by atoms with Crippen LogP contribution in [0.15, 0.2) is 60.7 Å². The van der Waals surface area contributed by atoms with E-state index in [1.54, 1.807) is 0 Å². The van der Waals surface area contributed by atoms with E-state index in [9.17, 15) is 9.59 Å². The van der Waals surface area contributed by atoms with Gasteiger partial charge in [-0.25, -0.2) is 0 Å². The second-order valence-electron chi connectivity index (χ2n) is 7.06. The molecule has 1 aliphatic rings. The van der Waals surface area contributed by atoms with Crippen molar-refractivity contribution in [3.8, 4) is 0 Å².